The Hall–Kier alpha value is -1.85. The Kier molecular flexibility index (Phi) is 3.60. The van der Waals surface area contributed by atoms with E-state index in [0.717, 1.165) is 22.2 Å². The second kappa shape index (κ2) is 5.74. The molecule has 0 atom stereocenters. The van der Waals surface area contributed by atoms with E-state index in [4.69, 9.17) is 4.98 Å². The maximum atomic E-state index is 4.70. The van der Waals surface area contributed by atoms with Crippen LogP contribution in [0.1, 0.15) is 12.7 Å². The lowest BCUT2D eigenvalue weighted by Gasteiger charge is -1.97. The summed E-state index contributed by atoms with van der Waals surface area (Å²) in [5, 5.41) is 0. The van der Waals surface area contributed by atoms with Crippen molar-refractivity contribution >= 4 is 44.3 Å². The molecule has 0 saturated carbocycles. The van der Waals surface area contributed by atoms with Gasteiger partial charge in [0.1, 0.15) is 5.75 Å². The number of para-hydroxylation sites is 3. The normalized spacial score (nSPS) is 11.5. The van der Waals surface area contributed by atoms with Gasteiger partial charge in [-0.15, -0.1) is 11.3 Å². The van der Waals surface area contributed by atoms with Gasteiger partial charge in [0.15, 0.2) is 15.4 Å². The van der Waals surface area contributed by atoms with Gasteiger partial charge in [-0.25, -0.2) is 14.5 Å². The molecule has 0 aliphatic carbocycles. The van der Waals surface area contributed by atoms with Crippen LogP contribution in [-0.4, -0.2) is 9.97 Å². The number of rotatable bonds is 4. The number of imidazole rings is 1. The Morgan fingerprint density at radius 3 is 2.82 bits per heavy atom. The third-order valence-electron chi connectivity index (χ3n) is 3.72. The molecule has 2 heterocycles. The van der Waals surface area contributed by atoms with Crippen molar-refractivity contribution in [3.8, 4) is 0 Å². The van der Waals surface area contributed by atoms with E-state index in [1.807, 2.05) is 6.07 Å². The molecule has 22 heavy (non-hydrogen) atoms. The predicted octanol–water partition coefficient (Wildman–Crippen LogP) is 4.38. The smallest absolute Gasteiger partial charge is 0.240 e. The van der Waals surface area contributed by atoms with Crippen molar-refractivity contribution in [1.29, 1.82) is 0 Å². The summed E-state index contributed by atoms with van der Waals surface area (Å²) in [6.45, 7) is 3.16. The lowest BCUT2D eigenvalue weighted by atomic mass is 10.3. The van der Waals surface area contributed by atoms with Crippen LogP contribution in [0.4, 0.5) is 0 Å². The van der Waals surface area contributed by atoms with E-state index in [1.165, 1.54) is 21.6 Å². The minimum absolute atomic E-state index is 0.905. The standard InChI is InChI=1S/C17H15N3S2/c1-2-20-14-9-5-3-7-12(14)18-16(20)11-21-17-19-13-8-4-6-10-15(13)22-17/h3-10H,2,11H2,1H3/p+1. The van der Waals surface area contributed by atoms with Crippen LogP contribution >= 0.6 is 23.1 Å². The highest BCUT2D eigenvalue weighted by molar-refractivity contribution is 8.00. The topological polar surface area (TPSA) is 32.6 Å². The van der Waals surface area contributed by atoms with Crippen molar-refractivity contribution in [2.45, 2.75) is 23.6 Å². The van der Waals surface area contributed by atoms with Gasteiger partial charge in [-0.05, 0) is 31.2 Å². The van der Waals surface area contributed by atoms with Crippen LogP contribution in [0.3, 0.4) is 0 Å². The van der Waals surface area contributed by atoms with Gasteiger partial charge >= 0.3 is 0 Å². The molecule has 3 nitrogen and oxygen atoms in total. The molecule has 4 aromatic rings. The molecule has 0 amide bonds. The number of thioether (sulfide) groups is 1. The Labute approximate surface area is 137 Å². The fraction of sp³-hybridized carbons (Fsp3) is 0.176. The first-order valence-electron chi connectivity index (χ1n) is 7.33. The summed E-state index contributed by atoms with van der Waals surface area (Å²) in [7, 11) is 0. The fourth-order valence-corrected chi connectivity index (χ4v) is 4.73. The Bertz CT molecular complexity index is 906. The molecule has 4 rings (SSSR count). The Morgan fingerprint density at radius 2 is 1.95 bits per heavy atom. The third-order valence-corrected chi connectivity index (χ3v) is 5.91. The molecule has 0 fully saturated rings. The van der Waals surface area contributed by atoms with Gasteiger partial charge in [0.2, 0.25) is 0 Å². The summed E-state index contributed by atoms with van der Waals surface area (Å²) in [5.74, 6) is 2.15. The second-order valence-electron chi connectivity index (χ2n) is 5.07. The number of aromatic nitrogens is 3. The van der Waals surface area contributed by atoms with Crippen molar-refractivity contribution in [2.24, 2.45) is 0 Å². The Balaban J connectivity index is 1.63. The summed E-state index contributed by atoms with van der Waals surface area (Å²) in [6.07, 6.45) is 0. The first kappa shape index (κ1) is 13.8. The van der Waals surface area contributed by atoms with Gasteiger partial charge in [-0.2, -0.15) is 0 Å². The Morgan fingerprint density at radius 1 is 1.14 bits per heavy atom. The molecular weight excluding hydrogens is 310 g/mol. The van der Waals surface area contributed by atoms with Crippen molar-refractivity contribution < 1.29 is 4.57 Å². The van der Waals surface area contributed by atoms with Crippen molar-refractivity contribution in [2.75, 3.05) is 0 Å². The molecule has 0 radical (unpaired) electrons. The molecule has 2 aromatic carbocycles. The van der Waals surface area contributed by atoms with Crippen LogP contribution < -0.4 is 4.57 Å². The minimum atomic E-state index is 0.905. The average molecular weight is 326 g/mol. The number of thiazole rings is 1. The number of fused-ring (bicyclic) bond motifs is 2. The van der Waals surface area contributed by atoms with E-state index >= 15 is 0 Å². The van der Waals surface area contributed by atoms with Crippen LogP contribution in [0.25, 0.3) is 21.3 Å². The van der Waals surface area contributed by atoms with Gasteiger partial charge in [0.05, 0.1) is 16.8 Å². The lowest BCUT2D eigenvalue weighted by molar-refractivity contribution is -0.674. The second-order valence-corrected chi connectivity index (χ2v) is 7.32. The first-order valence-corrected chi connectivity index (χ1v) is 9.13. The van der Waals surface area contributed by atoms with E-state index in [9.17, 15) is 0 Å². The molecule has 5 heteroatoms. The number of nitrogens with zero attached hydrogens (tertiary/aromatic N) is 2. The van der Waals surface area contributed by atoms with E-state index in [0.29, 0.717) is 0 Å². The highest BCUT2D eigenvalue weighted by Crippen LogP contribution is 2.30. The summed E-state index contributed by atoms with van der Waals surface area (Å²) >= 11 is 3.56. The number of nitrogens with one attached hydrogen (secondary N) is 1. The number of H-pyrrole nitrogens is 1. The highest BCUT2D eigenvalue weighted by atomic mass is 32.2. The predicted molar refractivity (Wildman–Crippen MR) is 93.3 cm³/mol. The fourth-order valence-electron chi connectivity index (χ4n) is 2.70. The molecule has 0 unspecified atom stereocenters. The zero-order valence-corrected chi connectivity index (χ0v) is 13.9. The van der Waals surface area contributed by atoms with E-state index in [-0.39, 0.29) is 0 Å². The number of aromatic amines is 1. The van der Waals surface area contributed by atoms with Crippen LogP contribution in [0.2, 0.25) is 0 Å². The van der Waals surface area contributed by atoms with Gasteiger partial charge < -0.3 is 0 Å². The van der Waals surface area contributed by atoms with Crippen molar-refractivity contribution in [3.05, 3.63) is 54.4 Å². The number of benzene rings is 2. The van der Waals surface area contributed by atoms with E-state index in [2.05, 4.69) is 58.9 Å². The molecule has 0 aliphatic rings. The molecule has 0 spiro atoms. The largest absolute Gasteiger partial charge is 0.265 e. The van der Waals surface area contributed by atoms with Gasteiger partial charge in [-0.1, -0.05) is 36.0 Å². The molecule has 110 valence electrons. The number of hydrogen-bond acceptors (Lipinski definition) is 3. The van der Waals surface area contributed by atoms with Crippen LogP contribution in [-0.2, 0) is 12.3 Å². The van der Waals surface area contributed by atoms with Crippen molar-refractivity contribution in [1.82, 2.24) is 9.97 Å². The lowest BCUT2D eigenvalue weighted by Crippen LogP contribution is -2.35. The van der Waals surface area contributed by atoms with Gasteiger partial charge in [0.25, 0.3) is 5.82 Å². The van der Waals surface area contributed by atoms with Gasteiger partial charge in [-0.3, -0.25) is 0 Å². The molecule has 0 saturated heterocycles. The van der Waals surface area contributed by atoms with Crippen molar-refractivity contribution in [3.63, 3.8) is 0 Å². The monoisotopic (exact) mass is 326 g/mol. The molecule has 0 aliphatic heterocycles. The average Bonchev–Trinajstić information content (AvgIpc) is 3.12. The van der Waals surface area contributed by atoms with E-state index < -0.39 is 0 Å². The molecule has 1 N–H and O–H groups in total. The summed E-state index contributed by atoms with van der Waals surface area (Å²) in [4.78, 5) is 8.23. The number of aryl methyl sites for hydroxylation is 1. The minimum Gasteiger partial charge on any atom is -0.240 e. The third kappa shape index (κ3) is 2.40. The molecule has 2 aromatic heterocycles. The van der Waals surface area contributed by atoms with Crippen LogP contribution in [0.5, 0.6) is 0 Å². The highest BCUT2D eigenvalue weighted by Gasteiger charge is 2.17. The summed E-state index contributed by atoms with van der Waals surface area (Å²) < 4.78 is 4.72. The van der Waals surface area contributed by atoms with Gasteiger partial charge in [0, 0.05) is 0 Å². The maximum Gasteiger partial charge on any atom is 0.265 e. The zero-order valence-electron chi connectivity index (χ0n) is 12.2. The summed E-state index contributed by atoms with van der Waals surface area (Å²) in [6, 6.07) is 16.8. The number of hydrogen-bond donors (Lipinski definition) is 1. The SMILES string of the molecule is CC[n+]1c(CSc2nc3ccccc3s2)[nH]c2ccccc21. The summed E-state index contributed by atoms with van der Waals surface area (Å²) in [5.41, 5.74) is 3.56. The zero-order chi connectivity index (χ0) is 14.9. The van der Waals surface area contributed by atoms with Crippen LogP contribution in [0, 0.1) is 0 Å². The molecular formula is C17H16N3S2+. The van der Waals surface area contributed by atoms with E-state index in [1.54, 1.807) is 23.1 Å². The quantitative estimate of drug-likeness (QED) is 0.446. The maximum absolute atomic E-state index is 4.70. The van der Waals surface area contributed by atoms with Crippen LogP contribution in [0.15, 0.2) is 52.9 Å². The molecule has 0 bridgehead atoms. The first-order chi connectivity index (χ1) is 10.8.